The number of carbonyl (C=O) groups excluding carboxylic acids is 1. The van der Waals surface area contributed by atoms with Crippen LogP contribution < -0.4 is 5.32 Å². The third-order valence-electron chi connectivity index (χ3n) is 5.72. The molecule has 0 bridgehead atoms. The first kappa shape index (κ1) is 20.3. The van der Waals surface area contributed by atoms with Crippen molar-refractivity contribution in [3.63, 3.8) is 0 Å². The zero-order chi connectivity index (χ0) is 22.1. The Morgan fingerprint density at radius 2 is 2.03 bits per heavy atom. The largest absolute Gasteiger partial charge is 0.389 e. The maximum absolute atomic E-state index is 13.0. The summed E-state index contributed by atoms with van der Waals surface area (Å²) in [5.74, 6) is -0.275. The number of hydrogen-bond acceptors (Lipinski definition) is 6. The van der Waals surface area contributed by atoms with Gasteiger partial charge in [-0.15, -0.1) is 0 Å². The molecule has 1 saturated heterocycles. The highest BCUT2D eigenvalue weighted by Crippen LogP contribution is 2.21. The summed E-state index contributed by atoms with van der Waals surface area (Å²) in [4.78, 5) is 17.3. The van der Waals surface area contributed by atoms with Crippen LogP contribution in [0.15, 0.2) is 55.2 Å². The summed E-state index contributed by atoms with van der Waals surface area (Å²) in [5, 5.41) is 21.5. The normalized spacial score (nSPS) is 18.7. The van der Waals surface area contributed by atoms with Crippen molar-refractivity contribution in [1.82, 2.24) is 29.7 Å². The van der Waals surface area contributed by atoms with Crippen molar-refractivity contribution >= 4 is 11.6 Å². The average molecular weight is 432 g/mol. The van der Waals surface area contributed by atoms with E-state index in [0.717, 1.165) is 22.3 Å². The summed E-state index contributed by atoms with van der Waals surface area (Å²) >= 11 is 0. The molecule has 0 radical (unpaired) electrons. The summed E-state index contributed by atoms with van der Waals surface area (Å²) in [6, 6.07) is 9.79. The zero-order valence-electron chi connectivity index (χ0n) is 17.7. The molecular weight excluding hydrogens is 408 g/mol. The highest BCUT2D eigenvalue weighted by Gasteiger charge is 2.26. The van der Waals surface area contributed by atoms with E-state index in [9.17, 15) is 9.90 Å². The SMILES string of the molecule is Cn1cc(-c2ccc(Cc3cc(C(=O)N[C@H]4CCOC[C@@H]4O)c4ncnn4c3)cc2)cn1. The molecular formula is C23H24N6O3. The summed E-state index contributed by atoms with van der Waals surface area (Å²) in [6.07, 6.45) is 7.63. The first-order valence-electron chi connectivity index (χ1n) is 10.5. The van der Waals surface area contributed by atoms with Gasteiger partial charge in [0.05, 0.1) is 30.5 Å². The van der Waals surface area contributed by atoms with E-state index in [1.54, 1.807) is 9.20 Å². The summed E-state index contributed by atoms with van der Waals surface area (Å²) < 4.78 is 8.65. The maximum Gasteiger partial charge on any atom is 0.255 e. The van der Waals surface area contributed by atoms with E-state index in [2.05, 4.69) is 44.8 Å². The van der Waals surface area contributed by atoms with Crippen molar-refractivity contribution in [2.75, 3.05) is 13.2 Å². The number of aliphatic hydroxyl groups excluding tert-OH is 1. The summed E-state index contributed by atoms with van der Waals surface area (Å²) in [7, 11) is 1.90. The maximum atomic E-state index is 13.0. The standard InChI is InChI=1S/C23H24N6O3/c1-28-12-18(10-25-28)17-4-2-15(3-5-17)8-16-9-19(22-24-14-26-29(22)11-16)23(31)27-20-6-7-32-13-21(20)30/h2-5,9-12,14,20-21,30H,6-8,13H2,1H3,(H,27,31)/t20-,21-/m0/s1. The summed E-state index contributed by atoms with van der Waals surface area (Å²) in [6.45, 7) is 0.734. The first-order chi connectivity index (χ1) is 15.6. The smallest absolute Gasteiger partial charge is 0.255 e. The molecule has 164 valence electrons. The number of amides is 1. The molecule has 2 atom stereocenters. The predicted octanol–water partition coefficient (Wildman–Crippen LogP) is 1.60. The van der Waals surface area contributed by atoms with Crippen molar-refractivity contribution in [2.45, 2.75) is 25.0 Å². The minimum atomic E-state index is -0.719. The quantitative estimate of drug-likeness (QED) is 0.496. The number of nitrogens with zero attached hydrogens (tertiary/aromatic N) is 5. The van der Waals surface area contributed by atoms with Crippen LogP contribution in [0.1, 0.15) is 27.9 Å². The van der Waals surface area contributed by atoms with E-state index in [1.165, 1.54) is 6.33 Å². The fourth-order valence-electron chi connectivity index (χ4n) is 4.00. The Balaban J connectivity index is 1.38. The van der Waals surface area contributed by atoms with Crippen molar-refractivity contribution in [3.8, 4) is 11.1 Å². The number of nitrogens with one attached hydrogen (secondary N) is 1. The minimum Gasteiger partial charge on any atom is -0.389 e. The molecule has 2 N–H and O–H groups in total. The van der Waals surface area contributed by atoms with Gasteiger partial charge < -0.3 is 15.2 Å². The Kier molecular flexibility index (Phi) is 5.42. The van der Waals surface area contributed by atoms with Crippen molar-refractivity contribution in [3.05, 3.63) is 71.9 Å². The minimum absolute atomic E-state index is 0.223. The molecule has 1 aromatic carbocycles. The van der Waals surface area contributed by atoms with Crippen molar-refractivity contribution in [2.24, 2.45) is 7.05 Å². The number of aryl methyl sites for hydroxylation is 1. The van der Waals surface area contributed by atoms with Crippen LogP contribution in [0.4, 0.5) is 0 Å². The van der Waals surface area contributed by atoms with Gasteiger partial charge in [0.15, 0.2) is 5.65 Å². The molecule has 3 aromatic heterocycles. The molecule has 9 heteroatoms. The fourth-order valence-corrected chi connectivity index (χ4v) is 4.00. The number of fused-ring (bicyclic) bond motifs is 1. The van der Waals surface area contributed by atoms with E-state index >= 15 is 0 Å². The van der Waals surface area contributed by atoms with Crippen LogP contribution in [0.2, 0.25) is 0 Å². The van der Waals surface area contributed by atoms with E-state index < -0.39 is 6.10 Å². The lowest BCUT2D eigenvalue weighted by molar-refractivity contribution is -0.0260. The number of pyridine rings is 1. The van der Waals surface area contributed by atoms with Crippen LogP contribution in [-0.4, -0.2) is 60.8 Å². The van der Waals surface area contributed by atoms with E-state index in [0.29, 0.717) is 30.7 Å². The number of aromatic nitrogens is 5. The monoisotopic (exact) mass is 432 g/mol. The van der Waals surface area contributed by atoms with Gasteiger partial charge in [0.1, 0.15) is 6.33 Å². The van der Waals surface area contributed by atoms with Crippen LogP contribution in [0.5, 0.6) is 0 Å². The zero-order valence-corrected chi connectivity index (χ0v) is 17.7. The molecule has 0 saturated carbocycles. The van der Waals surface area contributed by atoms with E-state index in [1.807, 2.05) is 31.7 Å². The number of aliphatic hydroxyl groups is 1. The van der Waals surface area contributed by atoms with Crippen LogP contribution in [0.25, 0.3) is 16.8 Å². The summed E-state index contributed by atoms with van der Waals surface area (Å²) in [5.41, 5.74) is 5.14. The van der Waals surface area contributed by atoms with E-state index in [-0.39, 0.29) is 18.6 Å². The number of benzene rings is 1. The lowest BCUT2D eigenvalue weighted by Gasteiger charge is -2.28. The topological polar surface area (TPSA) is 107 Å². The lowest BCUT2D eigenvalue weighted by Crippen LogP contribution is -2.48. The third-order valence-corrected chi connectivity index (χ3v) is 5.72. The average Bonchev–Trinajstić information content (AvgIpc) is 3.44. The van der Waals surface area contributed by atoms with Gasteiger partial charge in [0.25, 0.3) is 5.91 Å². The number of ether oxygens (including phenoxy) is 1. The molecule has 1 fully saturated rings. The van der Waals surface area contributed by atoms with Crippen molar-refractivity contribution in [1.29, 1.82) is 0 Å². The van der Waals surface area contributed by atoms with Gasteiger partial charge in [-0.2, -0.15) is 10.2 Å². The van der Waals surface area contributed by atoms with Gasteiger partial charge in [-0.25, -0.2) is 9.50 Å². The number of rotatable bonds is 5. The fraction of sp³-hybridized carbons (Fsp3) is 0.304. The highest BCUT2D eigenvalue weighted by molar-refractivity contribution is 6.00. The van der Waals surface area contributed by atoms with Crippen LogP contribution in [0.3, 0.4) is 0 Å². The molecule has 4 aromatic rings. The van der Waals surface area contributed by atoms with Gasteiger partial charge in [-0.3, -0.25) is 9.48 Å². The second-order valence-corrected chi connectivity index (χ2v) is 8.08. The van der Waals surface area contributed by atoms with Crippen molar-refractivity contribution < 1.29 is 14.6 Å². The molecule has 0 unspecified atom stereocenters. The molecule has 9 nitrogen and oxygen atoms in total. The van der Waals surface area contributed by atoms with Gasteiger partial charge in [0, 0.05) is 31.6 Å². The van der Waals surface area contributed by atoms with Gasteiger partial charge in [-0.1, -0.05) is 24.3 Å². The molecule has 32 heavy (non-hydrogen) atoms. The van der Waals surface area contributed by atoms with E-state index in [4.69, 9.17) is 4.74 Å². The lowest BCUT2D eigenvalue weighted by atomic mass is 10.0. The van der Waals surface area contributed by atoms with Gasteiger partial charge in [0.2, 0.25) is 0 Å². The van der Waals surface area contributed by atoms with Crippen LogP contribution >= 0.6 is 0 Å². The predicted molar refractivity (Wildman–Crippen MR) is 117 cm³/mol. The number of carbonyl (C=O) groups is 1. The van der Waals surface area contributed by atoms with Gasteiger partial charge in [-0.05, 0) is 35.6 Å². The Labute approximate surface area is 184 Å². The second kappa shape index (κ2) is 8.52. The molecule has 1 amide bonds. The van der Waals surface area contributed by atoms with Crippen LogP contribution in [-0.2, 0) is 18.2 Å². The van der Waals surface area contributed by atoms with Gasteiger partial charge >= 0.3 is 0 Å². The number of hydrogen-bond donors (Lipinski definition) is 2. The molecule has 4 heterocycles. The van der Waals surface area contributed by atoms with Crippen LogP contribution in [0, 0.1) is 0 Å². The highest BCUT2D eigenvalue weighted by atomic mass is 16.5. The molecule has 1 aliphatic heterocycles. The first-order valence-corrected chi connectivity index (χ1v) is 10.5. The Hall–Kier alpha value is -3.56. The third kappa shape index (κ3) is 4.12. The second-order valence-electron chi connectivity index (χ2n) is 8.08. The molecule has 1 aliphatic rings. The molecule has 5 rings (SSSR count). The Morgan fingerprint density at radius 3 is 2.78 bits per heavy atom. The Bertz CT molecular complexity index is 1250. The molecule has 0 aliphatic carbocycles. The Morgan fingerprint density at radius 1 is 1.19 bits per heavy atom. The molecule has 0 spiro atoms.